The number of hydrogen-bond donors (Lipinski definition) is 3. The Bertz CT molecular complexity index is 747. The summed E-state index contributed by atoms with van der Waals surface area (Å²) in [7, 11) is 1.42. The van der Waals surface area contributed by atoms with Gasteiger partial charge in [-0.05, 0) is 24.6 Å². The molecule has 0 aromatic heterocycles. The Morgan fingerprint density at radius 2 is 2.09 bits per heavy atom. The molecule has 0 spiro atoms. The van der Waals surface area contributed by atoms with E-state index in [1.165, 1.54) is 25.5 Å². The SMILES string of the molecule is COc1cc(Cl)cc(/C=N/NC(=O)Nc2ccccc2C)c1O. The van der Waals surface area contributed by atoms with Gasteiger partial charge in [-0.2, -0.15) is 5.10 Å². The van der Waals surface area contributed by atoms with E-state index in [1.807, 2.05) is 25.1 Å². The van der Waals surface area contributed by atoms with Gasteiger partial charge in [-0.15, -0.1) is 0 Å². The van der Waals surface area contributed by atoms with Gasteiger partial charge in [-0.25, -0.2) is 10.2 Å². The van der Waals surface area contributed by atoms with Gasteiger partial charge < -0.3 is 15.2 Å². The van der Waals surface area contributed by atoms with Crippen LogP contribution in [0.25, 0.3) is 0 Å². The lowest BCUT2D eigenvalue weighted by molar-refractivity contribution is 0.252. The summed E-state index contributed by atoms with van der Waals surface area (Å²) in [6.45, 7) is 1.88. The predicted molar refractivity (Wildman–Crippen MR) is 90.6 cm³/mol. The Balaban J connectivity index is 2.03. The van der Waals surface area contributed by atoms with Crippen LogP contribution in [-0.2, 0) is 0 Å². The van der Waals surface area contributed by atoms with Crippen LogP contribution in [0.3, 0.4) is 0 Å². The van der Waals surface area contributed by atoms with E-state index in [9.17, 15) is 9.90 Å². The van der Waals surface area contributed by atoms with Crippen LogP contribution in [0, 0.1) is 6.92 Å². The van der Waals surface area contributed by atoms with Gasteiger partial charge in [0.1, 0.15) is 0 Å². The molecular formula is C16H16ClN3O3. The van der Waals surface area contributed by atoms with Crippen molar-refractivity contribution in [2.24, 2.45) is 5.10 Å². The lowest BCUT2D eigenvalue weighted by Crippen LogP contribution is -2.24. The van der Waals surface area contributed by atoms with Crippen molar-refractivity contribution in [2.45, 2.75) is 6.92 Å². The molecule has 0 saturated heterocycles. The number of nitrogens with zero attached hydrogens (tertiary/aromatic N) is 1. The molecule has 2 aromatic rings. The molecule has 6 nitrogen and oxygen atoms in total. The first kappa shape index (κ1) is 16.6. The number of aromatic hydroxyl groups is 1. The van der Waals surface area contributed by atoms with E-state index in [1.54, 1.807) is 6.07 Å². The monoisotopic (exact) mass is 333 g/mol. The number of halogens is 1. The summed E-state index contributed by atoms with van der Waals surface area (Å²) >= 11 is 5.91. The minimum absolute atomic E-state index is 0.109. The van der Waals surface area contributed by atoms with Crippen molar-refractivity contribution >= 4 is 29.5 Å². The van der Waals surface area contributed by atoms with Gasteiger partial charge in [0, 0.05) is 22.3 Å². The molecule has 0 saturated carbocycles. The number of hydrogen-bond acceptors (Lipinski definition) is 4. The summed E-state index contributed by atoms with van der Waals surface area (Å²) in [5.41, 5.74) is 4.26. The zero-order valence-corrected chi connectivity index (χ0v) is 13.4. The maximum Gasteiger partial charge on any atom is 0.339 e. The number of urea groups is 1. The first-order valence-corrected chi connectivity index (χ1v) is 7.11. The molecule has 2 aromatic carbocycles. The Kier molecular flexibility index (Phi) is 5.43. The molecule has 0 unspecified atom stereocenters. The number of anilines is 1. The maximum atomic E-state index is 11.8. The Morgan fingerprint density at radius 3 is 2.78 bits per heavy atom. The highest BCUT2D eigenvalue weighted by Gasteiger charge is 2.08. The van der Waals surface area contributed by atoms with Crippen LogP contribution in [0.2, 0.25) is 5.02 Å². The topological polar surface area (TPSA) is 83.0 Å². The Labute approximate surface area is 138 Å². The van der Waals surface area contributed by atoms with E-state index in [2.05, 4.69) is 15.8 Å². The van der Waals surface area contributed by atoms with Crippen LogP contribution in [-0.4, -0.2) is 24.5 Å². The largest absolute Gasteiger partial charge is 0.504 e. The number of benzene rings is 2. The number of carbonyl (C=O) groups is 1. The van der Waals surface area contributed by atoms with Gasteiger partial charge in [0.2, 0.25) is 0 Å². The summed E-state index contributed by atoms with van der Waals surface area (Å²) in [4.78, 5) is 11.8. The summed E-state index contributed by atoms with van der Waals surface area (Å²) in [6.07, 6.45) is 1.28. The highest BCUT2D eigenvalue weighted by Crippen LogP contribution is 2.32. The minimum Gasteiger partial charge on any atom is -0.504 e. The first-order valence-electron chi connectivity index (χ1n) is 6.73. The Hall–Kier alpha value is -2.73. The number of methoxy groups -OCH3 is 1. The maximum absolute atomic E-state index is 11.8. The number of phenolic OH excluding ortho intramolecular Hbond substituents is 1. The molecule has 2 rings (SSSR count). The van der Waals surface area contributed by atoms with Gasteiger partial charge in [0.05, 0.1) is 13.3 Å². The second kappa shape index (κ2) is 7.51. The van der Waals surface area contributed by atoms with E-state index in [4.69, 9.17) is 16.3 Å². The third kappa shape index (κ3) is 4.37. The van der Waals surface area contributed by atoms with Gasteiger partial charge in [-0.3, -0.25) is 0 Å². The molecule has 0 heterocycles. The number of carbonyl (C=O) groups excluding carboxylic acids is 1. The highest BCUT2D eigenvalue weighted by atomic mass is 35.5. The number of hydrazone groups is 1. The van der Waals surface area contributed by atoms with Crippen molar-refractivity contribution in [3.8, 4) is 11.5 Å². The third-order valence-electron chi connectivity index (χ3n) is 3.05. The van der Waals surface area contributed by atoms with Gasteiger partial charge in [-0.1, -0.05) is 29.8 Å². The average molecular weight is 334 g/mol. The van der Waals surface area contributed by atoms with Crippen LogP contribution in [0.15, 0.2) is 41.5 Å². The van der Waals surface area contributed by atoms with Crippen molar-refractivity contribution in [3.05, 3.63) is 52.5 Å². The standard InChI is InChI=1S/C16H16ClN3O3/c1-10-5-3-4-6-13(10)19-16(22)20-18-9-11-7-12(17)8-14(23-2)15(11)21/h3-9,21H,1-2H3,(H2,19,20,22)/b18-9+. The number of rotatable bonds is 4. The molecular weight excluding hydrogens is 318 g/mol. The summed E-state index contributed by atoms with van der Waals surface area (Å²) in [6, 6.07) is 9.86. The molecule has 23 heavy (non-hydrogen) atoms. The minimum atomic E-state index is -0.496. The molecule has 7 heteroatoms. The van der Waals surface area contributed by atoms with E-state index in [0.29, 0.717) is 16.3 Å². The lowest BCUT2D eigenvalue weighted by atomic mass is 10.2. The smallest absolute Gasteiger partial charge is 0.339 e. The zero-order chi connectivity index (χ0) is 16.8. The molecule has 0 aliphatic carbocycles. The highest BCUT2D eigenvalue weighted by molar-refractivity contribution is 6.31. The second-order valence-corrected chi connectivity index (χ2v) is 5.12. The molecule has 120 valence electrons. The van der Waals surface area contributed by atoms with E-state index >= 15 is 0 Å². The normalized spacial score (nSPS) is 10.6. The lowest BCUT2D eigenvalue weighted by Gasteiger charge is -2.08. The first-order chi connectivity index (χ1) is 11.0. The van der Waals surface area contributed by atoms with Crippen LogP contribution >= 0.6 is 11.6 Å². The van der Waals surface area contributed by atoms with Crippen LogP contribution in [0.1, 0.15) is 11.1 Å². The summed E-state index contributed by atoms with van der Waals surface area (Å²) in [5.74, 6) is 0.116. The van der Waals surface area contributed by atoms with E-state index in [0.717, 1.165) is 5.56 Å². The third-order valence-corrected chi connectivity index (χ3v) is 3.27. The molecule has 3 N–H and O–H groups in total. The quantitative estimate of drug-likeness (QED) is 0.591. The number of para-hydroxylation sites is 1. The number of amides is 2. The van der Waals surface area contributed by atoms with Crippen molar-refractivity contribution in [3.63, 3.8) is 0 Å². The van der Waals surface area contributed by atoms with E-state index < -0.39 is 6.03 Å². The molecule has 0 bridgehead atoms. The summed E-state index contributed by atoms with van der Waals surface area (Å²) in [5, 5.41) is 16.8. The van der Waals surface area contributed by atoms with Gasteiger partial charge >= 0.3 is 6.03 Å². The molecule has 0 radical (unpaired) electrons. The predicted octanol–water partition coefficient (Wildman–Crippen LogP) is 3.52. The van der Waals surface area contributed by atoms with Gasteiger partial charge in [0.15, 0.2) is 11.5 Å². The molecule has 0 fully saturated rings. The van der Waals surface area contributed by atoms with E-state index in [-0.39, 0.29) is 11.5 Å². The molecule has 0 aliphatic heterocycles. The molecule has 0 aliphatic rings. The molecule has 0 atom stereocenters. The van der Waals surface area contributed by atoms with Crippen LogP contribution in [0.4, 0.5) is 10.5 Å². The number of phenols is 1. The van der Waals surface area contributed by atoms with Crippen LogP contribution < -0.4 is 15.5 Å². The number of aryl methyl sites for hydroxylation is 1. The van der Waals surface area contributed by atoms with Crippen LogP contribution in [0.5, 0.6) is 11.5 Å². The fourth-order valence-electron chi connectivity index (χ4n) is 1.87. The number of ether oxygens (including phenoxy) is 1. The zero-order valence-electron chi connectivity index (χ0n) is 12.6. The summed E-state index contributed by atoms with van der Waals surface area (Å²) < 4.78 is 4.99. The fraction of sp³-hybridized carbons (Fsp3) is 0.125. The van der Waals surface area contributed by atoms with Crippen molar-refractivity contribution in [2.75, 3.05) is 12.4 Å². The molecule has 2 amide bonds. The number of nitrogens with one attached hydrogen (secondary N) is 2. The van der Waals surface area contributed by atoms with Crippen molar-refractivity contribution < 1.29 is 14.6 Å². The van der Waals surface area contributed by atoms with Crippen molar-refractivity contribution in [1.29, 1.82) is 0 Å². The van der Waals surface area contributed by atoms with Gasteiger partial charge in [0.25, 0.3) is 0 Å². The average Bonchev–Trinajstić information content (AvgIpc) is 2.52. The second-order valence-electron chi connectivity index (χ2n) is 4.68. The Morgan fingerprint density at radius 1 is 1.35 bits per heavy atom. The fourth-order valence-corrected chi connectivity index (χ4v) is 2.09. The van der Waals surface area contributed by atoms with Crippen molar-refractivity contribution in [1.82, 2.24) is 5.43 Å².